The lowest BCUT2D eigenvalue weighted by Crippen LogP contribution is -1.98. The molecule has 1 aromatic rings. The van der Waals surface area contributed by atoms with E-state index in [1.807, 2.05) is 0 Å². The first-order chi connectivity index (χ1) is 8.13. The Labute approximate surface area is 104 Å². The average molecular weight is 255 g/mol. The molecular formula is C12H14FNO2S. The molecule has 0 amide bonds. The Morgan fingerprint density at radius 3 is 3.00 bits per heavy atom. The van der Waals surface area contributed by atoms with Gasteiger partial charge in [-0.2, -0.15) is 0 Å². The Bertz CT molecular complexity index is 421. The molecule has 2 N–H and O–H groups in total. The minimum Gasteiger partial charge on any atom is -0.463 e. The first kappa shape index (κ1) is 13.6. The van der Waals surface area contributed by atoms with E-state index >= 15 is 0 Å². The number of rotatable bonds is 5. The summed E-state index contributed by atoms with van der Waals surface area (Å²) in [5, 5.41) is 0. The molecule has 0 heterocycles. The number of hydrogen-bond donors (Lipinski definition) is 1. The number of nitrogens with two attached hydrogens (primary N) is 1. The van der Waals surface area contributed by atoms with E-state index in [-0.39, 0.29) is 11.7 Å². The molecule has 0 aliphatic heterocycles. The van der Waals surface area contributed by atoms with Gasteiger partial charge < -0.3 is 10.5 Å². The number of hydrogen-bond acceptors (Lipinski definition) is 4. The Kier molecular flexibility index (Phi) is 5.56. The summed E-state index contributed by atoms with van der Waals surface area (Å²) < 4.78 is 17.8. The SMILES string of the molecule is CCOC(=O)/C=C/CSc1ccc(N)c(F)c1. The van der Waals surface area contributed by atoms with Crippen molar-refractivity contribution in [3.8, 4) is 0 Å². The quantitative estimate of drug-likeness (QED) is 0.380. The number of nitrogen functional groups attached to an aromatic ring is 1. The third-order valence-electron chi connectivity index (χ3n) is 1.86. The molecule has 1 rings (SSSR count). The second-order valence-electron chi connectivity index (χ2n) is 3.15. The summed E-state index contributed by atoms with van der Waals surface area (Å²) in [4.78, 5) is 11.7. The molecule has 0 aliphatic carbocycles. The van der Waals surface area contributed by atoms with Crippen LogP contribution in [0.5, 0.6) is 0 Å². The van der Waals surface area contributed by atoms with E-state index in [1.54, 1.807) is 19.1 Å². The van der Waals surface area contributed by atoms with Gasteiger partial charge in [-0.3, -0.25) is 0 Å². The van der Waals surface area contributed by atoms with Gasteiger partial charge in [0.25, 0.3) is 0 Å². The van der Waals surface area contributed by atoms with Crippen molar-refractivity contribution in [1.82, 2.24) is 0 Å². The van der Waals surface area contributed by atoms with Gasteiger partial charge in [0.05, 0.1) is 12.3 Å². The molecule has 0 aliphatic rings. The van der Waals surface area contributed by atoms with Crippen LogP contribution >= 0.6 is 11.8 Å². The molecular weight excluding hydrogens is 241 g/mol. The predicted molar refractivity (Wildman–Crippen MR) is 67.3 cm³/mol. The van der Waals surface area contributed by atoms with E-state index in [0.717, 1.165) is 4.90 Å². The number of anilines is 1. The molecule has 0 saturated carbocycles. The Morgan fingerprint density at radius 1 is 1.59 bits per heavy atom. The molecule has 17 heavy (non-hydrogen) atoms. The molecule has 1 aromatic carbocycles. The monoisotopic (exact) mass is 255 g/mol. The second-order valence-corrected chi connectivity index (χ2v) is 4.24. The largest absolute Gasteiger partial charge is 0.463 e. The fourth-order valence-corrected chi connectivity index (χ4v) is 1.81. The number of carbonyl (C=O) groups is 1. The van der Waals surface area contributed by atoms with E-state index in [9.17, 15) is 9.18 Å². The van der Waals surface area contributed by atoms with Crippen molar-refractivity contribution >= 4 is 23.4 Å². The van der Waals surface area contributed by atoms with Gasteiger partial charge in [-0.15, -0.1) is 11.8 Å². The predicted octanol–water partition coefficient (Wildman–Crippen LogP) is 2.62. The molecule has 0 spiro atoms. The lowest BCUT2D eigenvalue weighted by molar-refractivity contribution is -0.137. The fraction of sp³-hybridized carbons (Fsp3) is 0.250. The number of carbonyl (C=O) groups excluding carboxylic acids is 1. The summed E-state index contributed by atoms with van der Waals surface area (Å²) >= 11 is 1.41. The molecule has 0 bridgehead atoms. The highest BCUT2D eigenvalue weighted by atomic mass is 32.2. The zero-order chi connectivity index (χ0) is 12.7. The van der Waals surface area contributed by atoms with Crippen LogP contribution in [0.15, 0.2) is 35.2 Å². The lowest BCUT2D eigenvalue weighted by Gasteiger charge is -2.00. The van der Waals surface area contributed by atoms with E-state index in [4.69, 9.17) is 10.5 Å². The lowest BCUT2D eigenvalue weighted by atomic mass is 10.3. The van der Waals surface area contributed by atoms with Crippen LogP contribution in [-0.4, -0.2) is 18.3 Å². The van der Waals surface area contributed by atoms with Crippen molar-refractivity contribution in [2.24, 2.45) is 0 Å². The van der Waals surface area contributed by atoms with Crippen LogP contribution in [0.1, 0.15) is 6.92 Å². The molecule has 0 fully saturated rings. The Morgan fingerprint density at radius 2 is 2.35 bits per heavy atom. The van der Waals surface area contributed by atoms with Gasteiger partial charge in [-0.25, -0.2) is 9.18 Å². The smallest absolute Gasteiger partial charge is 0.330 e. The minimum absolute atomic E-state index is 0.136. The van der Waals surface area contributed by atoms with Gasteiger partial charge in [0.2, 0.25) is 0 Å². The van der Waals surface area contributed by atoms with Gasteiger partial charge in [-0.1, -0.05) is 6.08 Å². The normalized spacial score (nSPS) is 10.7. The van der Waals surface area contributed by atoms with Crippen LogP contribution in [0, 0.1) is 5.82 Å². The van der Waals surface area contributed by atoms with Crippen molar-refractivity contribution < 1.29 is 13.9 Å². The Balaban J connectivity index is 2.40. The number of esters is 1. The Hall–Kier alpha value is -1.49. The van der Waals surface area contributed by atoms with Crippen LogP contribution in [-0.2, 0) is 9.53 Å². The van der Waals surface area contributed by atoms with Crippen molar-refractivity contribution in [3.05, 3.63) is 36.2 Å². The van der Waals surface area contributed by atoms with Gasteiger partial charge >= 0.3 is 5.97 Å². The maximum Gasteiger partial charge on any atom is 0.330 e. The molecule has 3 nitrogen and oxygen atoms in total. The third-order valence-corrected chi connectivity index (χ3v) is 2.81. The van der Waals surface area contributed by atoms with Crippen LogP contribution in [0.4, 0.5) is 10.1 Å². The summed E-state index contributed by atoms with van der Waals surface area (Å²) in [5.74, 6) is -0.219. The highest BCUT2D eigenvalue weighted by Crippen LogP contribution is 2.21. The maximum atomic E-state index is 13.1. The first-order valence-electron chi connectivity index (χ1n) is 5.14. The summed E-state index contributed by atoms with van der Waals surface area (Å²) in [6, 6.07) is 4.63. The summed E-state index contributed by atoms with van der Waals surface area (Å²) in [5.41, 5.74) is 5.49. The molecule has 0 saturated heterocycles. The van der Waals surface area contributed by atoms with Crippen LogP contribution in [0.25, 0.3) is 0 Å². The molecule has 0 atom stereocenters. The summed E-state index contributed by atoms with van der Waals surface area (Å²) in [6.45, 7) is 2.11. The zero-order valence-corrected chi connectivity index (χ0v) is 10.3. The summed E-state index contributed by atoms with van der Waals surface area (Å²) in [6.07, 6.45) is 3.04. The summed E-state index contributed by atoms with van der Waals surface area (Å²) in [7, 11) is 0. The maximum absolute atomic E-state index is 13.1. The average Bonchev–Trinajstić information content (AvgIpc) is 2.29. The standard InChI is InChI=1S/C12H14FNO2S/c1-2-16-12(15)4-3-7-17-9-5-6-11(14)10(13)8-9/h3-6,8H,2,7,14H2,1H3/b4-3+. The number of halogens is 1. The number of benzene rings is 1. The highest BCUT2D eigenvalue weighted by molar-refractivity contribution is 7.99. The highest BCUT2D eigenvalue weighted by Gasteiger charge is 1.99. The topological polar surface area (TPSA) is 52.3 Å². The molecule has 92 valence electrons. The minimum atomic E-state index is -0.427. The van der Waals surface area contributed by atoms with Crippen molar-refractivity contribution in [2.45, 2.75) is 11.8 Å². The van der Waals surface area contributed by atoms with Crippen LogP contribution in [0.3, 0.4) is 0 Å². The van der Waals surface area contributed by atoms with Gasteiger partial charge in [0.15, 0.2) is 0 Å². The van der Waals surface area contributed by atoms with E-state index in [1.165, 1.54) is 30.0 Å². The van der Waals surface area contributed by atoms with Crippen LogP contribution in [0.2, 0.25) is 0 Å². The molecule has 0 unspecified atom stereocenters. The third kappa shape index (κ3) is 4.91. The number of thioether (sulfide) groups is 1. The second kappa shape index (κ2) is 6.96. The van der Waals surface area contributed by atoms with E-state index in [0.29, 0.717) is 12.4 Å². The molecule has 5 heteroatoms. The van der Waals surface area contributed by atoms with Crippen LogP contribution < -0.4 is 5.73 Å². The van der Waals surface area contributed by atoms with Crippen molar-refractivity contribution in [3.63, 3.8) is 0 Å². The van der Waals surface area contributed by atoms with Gasteiger partial charge in [-0.05, 0) is 25.1 Å². The number of ether oxygens (including phenoxy) is 1. The fourth-order valence-electron chi connectivity index (χ4n) is 1.08. The first-order valence-corrected chi connectivity index (χ1v) is 6.13. The van der Waals surface area contributed by atoms with Crippen molar-refractivity contribution in [2.75, 3.05) is 18.1 Å². The van der Waals surface area contributed by atoms with Gasteiger partial charge in [0, 0.05) is 16.7 Å². The van der Waals surface area contributed by atoms with E-state index < -0.39 is 5.82 Å². The molecule has 0 aromatic heterocycles. The molecule has 0 radical (unpaired) electrons. The zero-order valence-electron chi connectivity index (χ0n) is 9.48. The van der Waals surface area contributed by atoms with Crippen molar-refractivity contribution in [1.29, 1.82) is 0 Å². The van der Waals surface area contributed by atoms with Gasteiger partial charge in [0.1, 0.15) is 5.82 Å². The van der Waals surface area contributed by atoms with E-state index in [2.05, 4.69) is 0 Å².